The fourth-order valence-electron chi connectivity index (χ4n) is 3.35. The molecule has 3 nitrogen and oxygen atoms in total. The smallest absolute Gasteiger partial charge is 0.266 e. The lowest BCUT2D eigenvalue weighted by molar-refractivity contribution is 0.933. The topological polar surface area (TPSA) is 34.9 Å². The number of aromatic nitrogens is 2. The number of rotatable bonds is 3. The highest BCUT2D eigenvalue weighted by Crippen LogP contribution is 2.22. The van der Waals surface area contributed by atoms with Crippen LogP contribution >= 0.6 is 34.2 Å². The normalized spacial score (nSPS) is 11.4. The highest BCUT2D eigenvalue weighted by Gasteiger charge is 2.13. The number of fused-ring (bicyclic) bond motifs is 1. The molecule has 0 fully saturated rings. The maximum atomic E-state index is 13.5. The van der Waals surface area contributed by atoms with Gasteiger partial charge in [0.05, 0.1) is 16.6 Å². The van der Waals surface area contributed by atoms with Crippen LogP contribution in [0.2, 0.25) is 5.02 Å². The summed E-state index contributed by atoms with van der Waals surface area (Å²) in [7, 11) is 0. The molecule has 0 unspecified atom stereocenters. The van der Waals surface area contributed by atoms with Crippen molar-refractivity contribution in [3.8, 4) is 5.69 Å². The second kappa shape index (κ2) is 8.13. The van der Waals surface area contributed by atoms with Gasteiger partial charge in [0.25, 0.3) is 5.56 Å². The van der Waals surface area contributed by atoms with Gasteiger partial charge in [-0.15, -0.1) is 0 Å². The Bertz CT molecular complexity index is 1320. The fraction of sp³-hybridized carbons (Fsp3) is 0.0833. The molecule has 1 heterocycles. The third kappa shape index (κ3) is 4.00. The number of benzene rings is 3. The van der Waals surface area contributed by atoms with Gasteiger partial charge in [0.1, 0.15) is 5.82 Å². The van der Waals surface area contributed by atoms with Crippen LogP contribution in [-0.2, 0) is 0 Å². The third-order valence-electron chi connectivity index (χ3n) is 4.77. The Hall–Kier alpha value is -2.44. The molecular formula is C24H18ClIN2O. The molecular weight excluding hydrogens is 495 g/mol. The monoisotopic (exact) mass is 512 g/mol. The summed E-state index contributed by atoms with van der Waals surface area (Å²) < 4.78 is 2.68. The second-order valence-corrected chi connectivity index (χ2v) is 8.57. The predicted molar refractivity (Wildman–Crippen MR) is 130 cm³/mol. The molecule has 0 atom stereocenters. The molecule has 29 heavy (non-hydrogen) atoms. The molecule has 144 valence electrons. The van der Waals surface area contributed by atoms with Gasteiger partial charge < -0.3 is 0 Å². The van der Waals surface area contributed by atoms with Crippen LogP contribution in [0, 0.1) is 17.4 Å². The van der Waals surface area contributed by atoms with Crippen molar-refractivity contribution >= 4 is 57.2 Å². The predicted octanol–water partition coefficient (Wildman–Crippen LogP) is 6.43. The van der Waals surface area contributed by atoms with Crippen LogP contribution in [0.5, 0.6) is 0 Å². The molecule has 0 spiro atoms. The van der Waals surface area contributed by atoms with Gasteiger partial charge in [-0.2, -0.15) is 0 Å². The van der Waals surface area contributed by atoms with Crippen molar-refractivity contribution in [2.45, 2.75) is 13.8 Å². The Kier molecular flexibility index (Phi) is 5.56. The summed E-state index contributed by atoms with van der Waals surface area (Å²) in [5.41, 5.74) is 4.46. The highest BCUT2D eigenvalue weighted by atomic mass is 127. The molecule has 0 aliphatic heterocycles. The molecule has 0 amide bonds. The molecule has 1 aromatic heterocycles. The number of nitrogens with zero attached hydrogens (tertiary/aromatic N) is 2. The number of aryl methyl sites for hydroxylation is 2. The molecule has 3 aromatic carbocycles. The number of hydrogen-bond acceptors (Lipinski definition) is 2. The standard InChI is InChI=1S/C24H18ClIN2O/c1-15-7-11-22(16(2)13-15)28-23(12-8-17-5-3-4-6-20(17)25)27-21-10-9-18(26)14-19(21)24(28)29/h3-14H,1-2H3. The number of hydrogen-bond donors (Lipinski definition) is 0. The quantitative estimate of drug-likeness (QED) is 0.297. The van der Waals surface area contributed by atoms with Crippen molar-refractivity contribution < 1.29 is 0 Å². The third-order valence-corrected chi connectivity index (χ3v) is 5.78. The Balaban J connectivity index is 2.00. The fourth-order valence-corrected chi connectivity index (χ4v) is 4.04. The molecule has 0 N–H and O–H groups in total. The van der Waals surface area contributed by atoms with Crippen LogP contribution in [0.4, 0.5) is 0 Å². The van der Waals surface area contributed by atoms with Crippen LogP contribution in [-0.4, -0.2) is 9.55 Å². The summed E-state index contributed by atoms with van der Waals surface area (Å²) >= 11 is 8.51. The highest BCUT2D eigenvalue weighted by molar-refractivity contribution is 14.1. The van der Waals surface area contributed by atoms with Crippen LogP contribution in [0.3, 0.4) is 0 Å². The van der Waals surface area contributed by atoms with Crippen LogP contribution in [0.1, 0.15) is 22.5 Å². The van der Waals surface area contributed by atoms with E-state index in [1.54, 1.807) is 4.57 Å². The zero-order valence-corrected chi connectivity index (χ0v) is 18.9. The summed E-state index contributed by atoms with van der Waals surface area (Å²) in [5, 5.41) is 1.26. The van der Waals surface area contributed by atoms with E-state index in [1.807, 2.05) is 80.6 Å². The number of halogens is 2. The maximum absolute atomic E-state index is 13.5. The lowest BCUT2D eigenvalue weighted by Gasteiger charge is -2.14. The lowest BCUT2D eigenvalue weighted by Crippen LogP contribution is -2.23. The van der Waals surface area contributed by atoms with Crippen molar-refractivity contribution in [2.24, 2.45) is 0 Å². The summed E-state index contributed by atoms with van der Waals surface area (Å²) in [6.07, 6.45) is 3.74. The minimum atomic E-state index is -0.0840. The molecule has 0 aliphatic rings. The zero-order chi connectivity index (χ0) is 20.5. The van der Waals surface area contributed by atoms with E-state index in [-0.39, 0.29) is 5.56 Å². The van der Waals surface area contributed by atoms with Crippen LogP contribution in [0.25, 0.3) is 28.7 Å². The maximum Gasteiger partial charge on any atom is 0.266 e. The average Bonchev–Trinajstić information content (AvgIpc) is 2.69. The van der Waals surface area contributed by atoms with E-state index < -0.39 is 0 Å². The van der Waals surface area contributed by atoms with E-state index in [4.69, 9.17) is 16.6 Å². The van der Waals surface area contributed by atoms with Crippen molar-refractivity contribution in [2.75, 3.05) is 0 Å². The van der Waals surface area contributed by atoms with E-state index in [2.05, 4.69) is 28.7 Å². The first-order chi connectivity index (χ1) is 13.9. The molecule has 0 saturated heterocycles. The largest absolute Gasteiger partial charge is 0.268 e. The molecule has 0 saturated carbocycles. The Morgan fingerprint density at radius 1 is 1.00 bits per heavy atom. The first-order valence-electron chi connectivity index (χ1n) is 9.16. The summed E-state index contributed by atoms with van der Waals surface area (Å²) in [5.74, 6) is 0.565. The van der Waals surface area contributed by atoms with Gasteiger partial charge in [-0.05, 0) is 90.0 Å². The molecule has 0 bridgehead atoms. The van der Waals surface area contributed by atoms with Crippen molar-refractivity contribution in [3.63, 3.8) is 0 Å². The van der Waals surface area contributed by atoms with Crippen molar-refractivity contribution in [1.82, 2.24) is 9.55 Å². The van der Waals surface area contributed by atoms with Crippen molar-refractivity contribution in [1.29, 1.82) is 0 Å². The summed E-state index contributed by atoms with van der Waals surface area (Å²) in [4.78, 5) is 18.3. The summed E-state index contributed by atoms with van der Waals surface area (Å²) in [6, 6.07) is 19.4. The van der Waals surface area contributed by atoms with Gasteiger partial charge in [-0.25, -0.2) is 4.98 Å². The Labute approximate surface area is 187 Å². The van der Waals surface area contributed by atoms with Gasteiger partial charge in [0.2, 0.25) is 0 Å². The van der Waals surface area contributed by atoms with Gasteiger partial charge in [0, 0.05) is 8.59 Å². The van der Waals surface area contributed by atoms with Crippen LogP contribution in [0.15, 0.2) is 65.5 Å². The van der Waals surface area contributed by atoms with E-state index >= 15 is 0 Å². The summed E-state index contributed by atoms with van der Waals surface area (Å²) in [6.45, 7) is 4.05. The average molecular weight is 513 g/mol. The first kappa shape index (κ1) is 19.9. The van der Waals surface area contributed by atoms with Crippen molar-refractivity contribution in [3.05, 3.63) is 102 Å². The minimum Gasteiger partial charge on any atom is -0.268 e. The van der Waals surface area contributed by atoms with Crippen LogP contribution < -0.4 is 5.56 Å². The van der Waals surface area contributed by atoms with E-state index in [0.29, 0.717) is 21.7 Å². The zero-order valence-electron chi connectivity index (χ0n) is 16.0. The van der Waals surface area contributed by atoms with E-state index in [1.165, 1.54) is 0 Å². The van der Waals surface area contributed by atoms with E-state index in [9.17, 15) is 4.79 Å². The molecule has 4 aromatic rings. The lowest BCUT2D eigenvalue weighted by atomic mass is 10.1. The Morgan fingerprint density at radius 3 is 2.55 bits per heavy atom. The van der Waals surface area contributed by atoms with Gasteiger partial charge >= 0.3 is 0 Å². The molecule has 4 rings (SSSR count). The van der Waals surface area contributed by atoms with Gasteiger partial charge in [-0.3, -0.25) is 9.36 Å². The second-order valence-electron chi connectivity index (χ2n) is 6.92. The minimum absolute atomic E-state index is 0.0840. The molecule has 5 heteroatoms. The molecule has 0 radical (unpaired) electrons. The van der Waals surface area contributed by atoms with Gasteiger partial charge in [0.15, 0.2) is 0 Å². The Morgan fingerprint density at radius 2 is 1.79 bits per heavy atom. The molecule has 0 aliphatic carbocycles. The van der Waals surface area contributed by atoms with Gasteiger partial charge in [-0.1, -0.05) is 47.5 Å². The first-order valence-corrected chi connectivity index (χ1v) is 10.6. The SMILES string of the molecule is Cc1ccc(-n2c(C=Cc3ccccc3Cl)nc3ccc(I)cc3c2=O)c(C)c1. The van der Waals surface area contributed by atoms with E-state index in [0.717, 1.165) is 25.9 Å².